The van der Waals surface area contributed by atoms with Gasteiger partial charge in [-0.25, -0.2) is 12.8 Å². The number of nitrogens with zero attached hydrogens (tertiary/aromatic N) is 1. The van der Waals surface area contributed by atoms with E-state index in [0.717, 1.165) is 11.1 Å². The van der Waals surface area contributed by atoms with Gasteiger partial charge in [0.25, 0.3) is 5.91 Å². The van der Waals surface area contributed by atoms with Crippen LogP contribution in [0.15, 0.2) is 48.5 Å². The number of halogens is 1. The summed E-state index contributed by atoms with van der Waals surface area (Å²) in [6.45, 7) is 0.739. The number of hydrogen-bond donors (Lipinski definition) is 0. The molecule has 2 heterocycles. The molecule has 2 aromatic carbocycles. The smallest absolute Gasteiger partial charge is 0.252 e. The van der Waals surface area contributed by atoms with Gasteiger partial charge < -0.3 is 9.64 Å². The van der Waals surface area contributed by atoms with Crippen molar-refractivity contribution in [2.75, 3.05) is 18.8 Å². The Morgan fingerprint density at radius 2 is 1.75 bits per heavy atom. The van der Waals surface area contributed by atoms with Gasteiger partial charge in [0.15, 0.2) is 9.84 Å². The lowest BCUT2D eigenvalue weighted by Gasteiger charge is -2.29. The van der Waals surface area contributed by atoms with Crippen LogP contribution in [0.4, 0.5) is 4.39 Å². The number of carbonyl (C=O) groups is 1. The molecule has 1 amide bonds. The molecule has 0 unspecified atom stereocenters. The molecule has 0 spiro atoms. The van der Waals surface area contributed by atoms with Gasteiger partial charge in [-0.05, 0) is 23.6 Å². The Hall–Kier alpha value is -2.25. The highest BCUT2D eigenvalue weighted by Gasteiger charge is 2.36. The van der Waals surface area contributed by atoms with Crippen molar-refractivity contribution >= 4 is 15.7 Å². The maximum Gasteiger partial charge on any atom is 0.252 e. The summed E-state index contributed by atoms with van der Waals surface area (Å²) in [5.41, 5.74) is 2.34. The average Bonchev–Trinajstić information content (AvgIpc) is 2.85. The van der Waals surface area contributed by atoms with Crippen LogP contribution >= 0.6 is 0 Å². The van der Waals surface area contributed by atoms with Gasteiger partial charge in [-0.2, -0.15) is 0 Å². The number of ether oxygens (including phenoxy) is 1. The number of hydrogen-bond acceptors (Lipinski definition) is 4. The third-order valence-electron chi connectivity index (χ3n) is 5.54. The van der Waals surface area contributed by atoms with Crippen molar-refractivity contribution in [3.05, 3.63) is 71.0 Å². The van der Waals surface area contributed by atoms with E-state index in [1.807, 2.05) is 24.3 Å². The lowest BCUT2D eigenvalue weighted by molar-refractivity contribution is -0.145. The number of benzene rings is 2. The molecular weight excluding hydrogens is 381 g/mol. The lowest BCUT2D eigenvalue weighted by Crippen LogP contribution is -2.44. The molecular formula is C21H22FNO4S. The van der Waals surface area contributed by atoms with Crippen LogP contribution in [0, 0.1) is 5.82 Å². The first-order valence-corrected chi connectivity index (χ1v) is 11.1. The van der Waals surface area contributed by atoms with Gasteiger partial charge in [0.2, 0.25) is 0 Å². The number of sulfone groups is 1. The molecule has 2 aliphatic rings. The van der Waals surface area contributed by atoms with Gasteiger partial charge in [-0.3, -0.25) is 4.79 Å². The summed E-state index contributed by atoms with van der Waals surface area (Å²) in [6, 6.07) is 13.8. The zero-order valence-corrected chi connectivity index (χ0v) is 16.2. The molecule has 4 rings (SSSR count). The van der Waals surface area contributed by atoms with E-state index in [0.29, 0.717) is 13.0 Å². The van der Waals surface area contributed by atoms with Crippen LogP contribution in [0.3, 0.4) is 0 Å². The second-order valence-corrected chi connectivity index (χ2v) is 9.57. The Kier molecular flexibility index (Phi) is 5.21. The minimum Gasteiger partial charge on any atom is -0.363 e. The summed E-state index contributed by atoms with van der Waals surface area (Å²) in [4.78, 5) is 14.5. The summed E-state index contributed by atoms with van der Waals surface area (Å²) in [7, 11) is -3.56. The summed E-state index contributed by atoms with van der Waals surface area (Å²) in [5.74, 6) is -0.900. The van der Waals surface area contributed by atoms with Crippen molar-refractivity contribution in [2.24, 2.45) is 0 Å². The fourth-order valence-electron chi connectivity index (χ4n) is 3.96. The van der Waals surface area contributed by atoms with Crippen molar-refractivity contribution in [2.45, 2.75) is 30.8 Å². The first-order valence-electron chi connectivity index (χ1n) is 9.39. The highest BCUT2D eigenvalue weighted by molar-refractivity contribution is 7.91. The maximum atomic E-state index is 14.2. The third kappa shape index (κ3) is 3.69. The van der Waals surface area contributed by atoms with E-state index >= 15 is 0 Å². The van der Waals surface area contributed by atoms with E-state index < -0.39 is 27.0 Å². The highest BCUT2D eigenvalue weighted by Crippen LogP contribution is 2.31. The normalized spacial score (nSPS) is 24.2. The lowest BCUT2D eigenvalue weighted by atomic mass is 9.98. The predicted octanol–water partition coefficient (Wildman–Crippen LogP) is 2.66. The van der Waals surface area contributed by atoms with Crippen LogP contribution in [-0.2, 0) is 32.4 Å². The average molecular weight is 403 g/mol. The molecule has 0 saturated carbocycles. The molecule has 2 aliphatic heterocycles. The van der Waals surface area contributed by atoms with Gasteiger partial charge in [-0.1, -0.05) is 42.5 Å². The summed E-state index contributed by atoms with van der Waals surface area (Å²) < 4.78 is 45.4. The zero-order chi connectivity index (χ0) is 19.7. The van der Waals surface area contributed by atoms with Crippen molar-refractivity contribution in [1.29, 1.82) is 0 Å². The minimum absolute atomic E-state index is 0.105. The molecule has 0 N–H and O–H groups in total. The number of rotatable bonds is 2. The maximum absolute atomic E-state index is 14.2. The van der Waals surface area contributed by atoms with Crippen LogP contribution in [-0.4, -0.2) is 44.2 Å². The molecule has 0 aromatic heterocycles. The molecule has 5 nitrogen and oxygen atoms in total. The van der Waals surface area contributed by atoms with Crippen molar-refractivity contribution in [3.63, 3.8) is 0 Å². The minimum atomic E-state index is -3.56. The van der Waals surface area contributed by atoms with Crippen LogP contribution < -0.4 is 0 Å². The van der Waals surface area contributed by atoms with Crippen LogP contribution in [0.1, 0.15) is 28.4 Å². The van der Waals surface area contributed by atoms with Crippen LogP contribution in [0.25, 0.3) is 0 Å². The van der Waals surface area contributed by atoms with Gasteiger partial charge in [-0.15, -0.1) is 0 Å². The molecule has 148 valence electrons. The Labute approximate surface area is 164 Å². The quantitative estimate of drug-likeness (QED) is 0.773. The molecule has 1 saturated heterocycles. The van der Waals surface area contributed by atoms with E-state index in [2.05, 4.69) is 0 Å². The SMILES string of the molecule is O=C([C@@H]1Cc2ccccc2CO1)N1CC[C@H](c2ccccc2F)S(=O)(=O)CC1. The van der Waals surface area contributed by atoms with Gasteiger partial charge >= 0.3 is 0 Å². The summed E-state index contributed by atoms with van der Waals surface area (Å²) >= 11 is 0. The Morgan fingerprint density at radius 1 is 1.04 bits per heavy atom. The number of carbonyl (C=O) groups excluding carboxylic acids is 1. The van der Waals surface area contributed by atoms with E-state index in [-0.39, 0.29) is 36.7 Å². The van der Waals surface area contributed by atoms with Gasteiger partial charge in [0, 0.05) is 25.1 Å². The molecule has 2 aromatic rings. The first-order chi connectivity index (χ1) is 13.5. The second-order valence-electron chi connectivity index (χ2n) is 7.26. The highest BCUT2D eigenvalue weighted by atomic mass is 32.2. The monoisotopic (exact) mass is 403 g/mol. The number of fused-ring (bicyclic) bond motifs is 1. The first kappa shape index (κ1) is 19.1. The third-order valence-corrected chi connectivity index (χ3v) is 7.65. The molecule has 0 bridgehead atoms. The van der Waals surface area contributed by atoms with Crippen molar-refractivity contribution in [1.82, 2.24) is 4.90 Å². The fraction of sp³-hybridized carbons (Fsp3) is 0.381. The fourth-order valence-corrected chi connectivity index (χ4v) is 5.76. The summed E-state index contributed by atoms with van der Waals surface area (Å²) in [6.07, 6.45) is 0.0513. The molecule has 0 aliphatic carbocycles. The molecule has 2 atom stereocenters. The standard InChI is InChI=1S/C21H22FNO4S/c22-18-8-4-3-7-17(18)20-9-10-23(11-12-28(20,25)26)21(24)19-13-15-5-1-2-6-16(15)14-27-19/h1-8,19-20H,9-14H2/t19-,20+/m0/s1. The summed E-state index contributed by atoms with van der Waals surface area (Å²) in [5, 5.41) is -0.931. The number of amides is 1. The molecule has 7 heteroatoms. The molecule has 1 fully saturated rings. The second kappa shape index (κ2) is 7.64. The van der Waals surface area contributed by atoms with Crippen LogP contribution in [0.2, 0.25) is 0 Å². The Balaban J connectivity index is 1.51. The van der Waals surface area contributed by atoms with Crippen molar-refractivity contribution in [3.8, 4) is 0 Å². The molecule has 0 radical (unpaired) electrons. The van der Waals surface area contributed by atoms with E-state index in [9.17, 15) is 17.6 Å². The van der Waals surface area contributed by atoms with Gasteiger partial charge in [0.05, 0.1) is 17.6 Å². The van der Waals surface area contributed by atoms with E-state index in [1.165, 1.54) is 18.2 Å². The largest absolute Gasteiger partial charge is 0.363 e. The molecule has 28 heavy (non-hydrogen) atoms. The van der Waals surface area contributed by atoms with Gasteiger partial charge in [0.1, 0.15) is 11.9 Å². The van der Waals surface area contributed by atoms with E-state index in [1.54, 1.807) is 11.0 Å². The Morgan fingerprint density at radius 3 is 2.54 bits per heavy atom. The van der Waals surface area contributed by atoms with Crippen molar-refractivity contribution < 1.29 is 22.3 Å². The van der Waals surface area contributed by atoms with Crippen LogP contribution in [0.5, 0.6) is 0 Å². The van der Waals surface area contributed by atoms with E-state index in [4.69, 9.17) is 4.74 Å². The predicted molar refractivity (Wildman–Crippen MR) is 103 cm³/mol. The topological polar surface area (TPSA) is 63.7 Å². The Bertz CT molecular complexity index is 991. The zero-order valence-electron chi connectivity index (χ0n) is 15.4.